The zero-order valence-corrected chi connectivity index (χ0v) is 16.2. The van der Waals surface area contributed by atoms with Crippen LogP contribution in [0.4, 0.5) is 5.69 Å². The van der Waals surface area contributed by atoms with Crippen LogP contribution in [0, 0.1) is 11.3 Å². The van der Waals surface area contributed by atoms with Gasteiger partial charge in [0.15, 0.2) is 0 Å². The number of nitrogens with one attached hydrogen (secondary N) is 1. The first kappa shape index (κ1) is 20.9. The lowest BCUT2D eigenvalue weighted by Gasteiger charge is -2.38. The van der Waals surface area contributed by atoms with Crippen LogP contribution in [0.5, 0.6) is 0 Å². The van der Waals surface area contributed by atoms with Crippen LogP contribution in [-0.4, -0.2) is 73.5 Å². The van der Waals surface area contributed by atoms with Crippen molar-refractivity contribution in [2.24, 2.45) is 0 Å². The van der Waals surface area contributed by atoms with Crippen LogP contribution in [-0.2, 0) is 9.59 Å². The van der Waals surface area contributed by atoms with E-state index in [1.807, 2.05) is 44.2 Å². The smallest absolute Gasteiger partial charge is 0.244 e. The molecule has 1 heterocycles. The predicted octanol–water partition coefficient (Wildman–Crippen LogP) is 1.08. The van der Waals surface area contributed by atoms with Crippen molar-refractivity contribution in [1.29, 1.82) is 5.26 Å². The molecule has 7 heteroatoms. The molecule has 1 atom stereocenters. The van der Waals surface area contributed by atoms with Gasteiger partial charge in [-0.05, 0) is 26.0 Å². The zero-order chi connectivity index (χ0) is 19.6. The van der Waals surface area contributed by atoms with E-state index in [4.69, 9.17) is 5.26 Å². The zero-order valence-electron chi connectivity index (χ0n) is 16.2. The molecule has 0 aromatic heterocycles. The van der Waals surface area contributed by atoms with Crippen molar-refractivity contribution in [3.63, 3.8) is 0 Å². The molecule has 1 aliphatic heterocycles. The van der Waals surface area contributed by atoms with Crippen LogP contribution < -0.4 is 10.2 Å². The molecule has 27 heavy (non-hydrogen) atoms. The molecule has 0 bridgehead atoms. The molecule has 1 N–H and O–H groups in total. The van der Waals surface area contributed by atoms with Gasteiger partial charge in [-0.1, -0.05) is 18.2 Å². The number of anilines is 1. The van der Waals surface area contributed by atoms with Gasteiger partial charge in [0.25, 0.3) is 0 Å². The Hall–Kier alpha value is -2.43. The summed E-state index contributed by atoms with van der Waals surface area (Å²) >= 11 is 0. The quantitative estimate of drug-likeness (QED) is 0.740. The highest BCUT2D eigenvalue weighted by atomic mass is 16.2. The van der Waals surface area contributed by atoms with E-state index < -0.39 is 0 Å². The van der Waals surface area contributed by atoms with Crippen molar-refractivity contribution in [2.75, 3.05) is 50.7 Å². The highest BCUT2D eigenvalue weighted by Gasteiger charge is 2.29. The summed E-state index contributed by atoms with van der Waals surface area (Å²) in [6, 6.07) is 11.3. The number of amides is 2. The summed E-state index contributed by atoms with van der Waals surface area (Å²) in [5.41, 5.74) is 0.819. The SMILES string of the molecule is CCNC(=O)CN1CCN(C(C)C(=O)N(CCC#N)c2ccccc2)CC1. The summed E-state index contributed by atoms with van der Waals surface area (Å²) in [4.78, 5) is 30.8. The van der Waals surface area contributed by atoms with Crippen molar-refractivity contribution in [2.45, 2.75) is 26.3 Å². The Kier molecular flexibility index (Phi) is 8.24. The fourth-order valence-corrected chi connectivity index (χ4v) is 3.28. The number of nitriles is 1. The van der Waals surface area contributed by atoms with Gasteiger partial charge in [0.1, 0.15) is 0 Å². The molecule has 0 radical (unpaired) electrons. The van der Waals surface area contributed by atoms with Gasteiger partial charge in [0, 0.05) is 45.0 Å². The van der Waals surface area contributed by atoms with E-state index in [-0.39, 0.29) is 17.9 Å². The number of carbonyl (C=O) groups excluding carboxylic acids is 2. The largest absolute Gasteiger partial charge is 0.355 e. The molecule has 1 saturated heterocycles. The summed E-state index contributed by atoms with van der Waals surface area (Å²) in [5.74, 6) is 0.0513. The van der Waals surface area contributed by atoms with Crippen LogP contribution >= 0.6 is 0 Å². The van der Waals surface area contributed by atoms with Gasteiger partial charge in [-0.25, -0.2) is 0 Å². The number of piperazine rings is 1. The summed E-state index contributed by atoms with van der Waals surface area (Å²) in [5, 5.41) is 11.8. The molecule has 0 aliphatic carbocycles. The molecule has 7 nitrogen and oxygen atoms in total. The van der Waals surface area contributed by atoms with Crippen LogP contribution in [0.2, 0.25) is 0 Å². The molecule has 1 fully saturated rings. The third-order valence-electron chi connectivity index (χ3n) is 4.83. The van der Waals surface area contributed by atoms with E-state index >= 15 is 0 Å². The predicted molar refractivity (Wildman–Crippen MR) is 105 cm³/mol. The lowest BCUT2D eigenvalue weighted by Crippen LogP contribution is -2.55. The third-order valence-corrected chi connectivity index (χ3v) is 4.83. The van der Waals surface area contributed by atoms with Crippen molar-refractivity contribution >= 4 is 17.5 Å². The highest BCUT2D eigenvalue weighted by molar-refractivity contribution is 5.97. The molecule has 0 saturated carbocycles. The normalized spacial score (nSPS) is 16.3. The Balaban J connectivity index is 1.95. The summed E-state index contributed by atoms with van der Waals surface area (Å²) in [6.07, 6.45) is 0.299. The van der Waals surface area contributed by atoms with Gasteiger partial charge >= 0.3 is 0 Å². The van der Waals surface area contributed by atoms with Crippen LogP contribution in [0.15, 0.2) is 30.3 Å². The minimum atomic E-state index is -0.268. The molecule has 0 spiro atoms. The fourth-order valence-electron chi connectivity index (χ4n) is 3.28. The molecule has 1 aromatic rings. The Morgan fingerprint density at radius 2 is 1.89 bits per heavy atom. The standard InChI is InChI=1S/C20H29N5O2/c1-3-22-19(26)16-23-12-14-24(15-13-23)17(2)20(27)25(11-7-10-21)18-8-5-4-6-9-18/h4-6,8-9,17H,3,7,11-16H2,1-2H3,(H,22,26). The van der Waals surface area contributed by atoms with E-state index in [9.17, 15) is 9.59 Å². The average Bonchev–Trinajstić information content (AvgIpc) is 2.69. The van der Waals surface area contributed by atoms with Crippen LogP contribution in [0.1, 0.15) is 20.3 Å². The number of likely N-dealkylation sites (N-methyl/N-ethyl adjacent to an activating group) is 1. The number of carbonyl (C=O) groups is 2. The monoisotopic (exact) mass is 371 g/mol. The van der Waals surface area contributed by atoms with Gasteiger partial charge in [-0.3, -0.25) is 19.4 Å². The van der Waals surface area contributed by atoms with E-state index in [2.05, 4.69) is 21.2 Å². The van der Waals surface area contributed by atoms with Gasteiger partial charge in [-0.15, -0.1) is 0 Å². The van der Waals surface area contributed by atoms with Crippen LogP contribution in [0.3, 0.4) is 0 Å². The second kappa shape index (κ2) is 10.7. The summed E-state index contributed by atoms with van der Waals surface area (Å²) in [6.45, 7) is 8.28. The van der Waals surface area contributed by atoms with E-state index in [0.29, 0.717) is 26.1 Å². The first-order chi connectivity index (χ1) is 13.1. The number of hydrogen-bond acceptors (Lipinski definition) is 5. The Labute approximate surface area is 161 Å². The number of hydrogen-bond donors (Lipinski definition) is 1. The Morgan fingerprint density at radius 1 is 1.22 bits per heavy atom. The van der Waals surface area contributed by atoms with Crippen molar-refractivity contribution in [3.8, 4) is 6.07 Å². The number of para-hydroxylation sites is 1. The van der Waals surface area contributed by atoms with E-state index in [0.717, 1.165) is 31.9 Å². The maximum Gasteiger partial charge on any atom is 0.244 e. The second-order valence-electron chi connectivity index (χ2n) is 6.68. The van der Waals surface area contributed by atoms with E-state index in [1.54, 1.807) is 4.90 Å². The van der Waals surface area contributed by atoms with Crippen molar-refractivity contribution in [1.82, 2.24) is 15.1 Å². The Morgan fingerprint density at radius 3 is 2.48 bits per heavy atom. The first-order valence-corrected chi connectivity index (χ1v) is 9.53. The van der Waals surface area contributed by atoms with Gasteiger partial charge in [0.05, 0.1) is 25.1 Å². The topological polar surface area (TPSA) is 79.7 Å². The van der Waals surface area contributed by atoms with E-state index in [1.165, 1.54) is 0 Å². The molecule has 1 aliphatic rings. The molecular formula is C20H29N5O2. The molecule has 1 aromatic carbocycles. The first-order valence-electron chi connectivity index (χ1n) is 9.53. The maximum atomic E-state index is 13.1. The lowest BCUT2D eigenvalue weighted by atomic mass is 10.1. The summed E-state index contributed by atoms with van der Waals surface area (Å²) in [7, 11) is 0. The van der Waals surface area contributed by atoms with Crippen LogP contribution in [0.25, 0.3) is 0 Å². The van der Waals surface area contributed by atoms with Crippen molar-refractivity contribution < 1.29 is 9.59 Å². The molecule has 2 amide bonds. The average molecular weight is 371 g/mol. The maximum absolute atomic E-state index is 13.1. The van der Waals surface area contributed by atoms with Gasteiger partial charge in [0.2, 0.25) is 11.8 Å². The third kappa shape index (κ3) is 6.05. The fraction of sp³-hybridized carbons (Fsp3) is 0.550. The highest BCUT2D eigenvalue weighted by Crippen LogP contribution is 2.17. The van der Waals surface area contributed by atoms with Gasteiger partial charge in [-0.2, -0.15) is 5.26 Å². The minimum absolute atomic E-state index is 0.00799. The molecule has 2 rings (SSSR count). The van der Waals surface area contributed by atoms with Crippen molar-refractivity contribution in [3.05, 3.63) is 30.3 Å². The molecule has 146 valence electrons. The molecule has 1 unspecified atom stereocenters. The Bertz CT molecular complexity index is 650. The number of nitrogens with zero attached hydrogens (tertiary/aromatic N) is 4. The molecular weight excluding hydrogens is 342 g/mol. The lowest BCUT2D eigenvalue weighted by molar-refractivity contribution is -0.126. The minimum Gasteiger partial charge on any atom is -0.355 e. The summed E-state index contributed by atoms with van der Waals surface area (Å²) < 4.78 is 0. The second-order valence-corrected chi connectivity index (χ2v) is 6.68. The number of rotatable bonds is 8. The number of benzene rings is 1. The van der Waals surface area contributed by atoms with Gasteiger partial charge < -0.3 is 10.2 Å².